The number of nitrogens with zero attached hydrogens (tertiary/aromatic N) is 4. The first-order valence-electron chi connectivity index (χ1n) is 12.8. The standard InChI is InChI=1S/C28H34N4O2/c1-2-24(22-9-5-3-6-10-22)27(33)31-16-11-21(12-17-31)23-13-18-32-26(19-23)25(20-29-32)28(34)30-14-7-4-8-15-30/h3,5-6,9-10,13,18-21,24H,2,4,7-8,11-12,14-17H2,1H3/t24-/m1/s1. The van der Waals surface area contributed by atoms with Gasteiger partial charge in [-0.15, -0.1) is 0 Å². The van der Waals surface area contributed by atoms with Crippen molar-refractivity contribution in [3.63, 3.8) is 0 Å². The van der Waals surface area contributed by atoms with Gasteiger partial charge in [0, 0.05) is 32.4 Å². The molecule has 6 heteroatoms. The smallest absolute Gasteiger partial charge is 0.257 e. The Labute approximate surface area is 201 Å². The van der Waals surface area contributed by atoms with Crippen LogP contribution in [0.2, 0.25) is 0 Å². The molecule has 2 saturated heterocycles. The highest BCUT2D eigenvalue weighted by atomic mass is 16.2. The highest BCUT2D eigenvalue weighted by molar-refractivity contribution is 6.00. The van der Waals surface area contributed by atoms with E-state index < -0.39 is 0 Å². The van der Waals surface area contributed by atoms with E-state index in [-0.39, 0.29) is 17.7 Å². The molecule has 0 radical (unpaired) electrons. The maximum atomic E-state index is 13.3. The summed E-state index contributed by atoms with van der Waals surface area (Å²) in [6, 6.07) is 14.4. The lowest BCUT2D eigenvalue weighted by molar-refractivity contribution is -0.134. The molecule has 0 unspecified atom stereocenters. The summed E-state index contributed by atoms with van der Waals surface area (Å²) in [7, 11) is 0. The van der Waals surface area contributed by atoms with Crippen molar-refractivity contribution in [1.82, 2.24) is 19.4 Å². The molecule has 0 aliphatic carbocycles. The molecule has 1 aromatic carbocycles. The molecule has 0 saturated carbocycles. The van der Waals surface area contributed by atoms with Gasteiger partial charge >= 0.3 is 0 Å². The first kappa shape index (κ1) is 22.6. The van der Waals surface area contributed by atoms with E-state index in [0.717, 1.165) is 69.4 Å². The van der Waals surface area contributed by atoms with E-state index in [0.29, 0.717) is 11.5 Å². The topological polar surface area (TPSA) is 57.9 Å². The number of piperidine rings is 2. The minimum absolute atomic E-state index is 0.0655. The summed E-state index contributed by atoms with van der Waals surface area (Å²) in [4.78, 5) is 30.4. The summed E-state index contributed by atoms with van der Waals surface area (Å²) < 4.78 is 1.81. The average Bonchev–Trinajstić information content (AvgIpc) is 3.33. The first-order chi connectivity index (χ1) is 16.7. The summed E-state index contributed by atoms with van der Waals surface area (Å²) in [5.41, 5.74) is 3.93. The summed E-state index contributed by atoms with van der Waals surface area (Å²) in [6.07, 6.45) is 9.74. The summed E-state index contributed by atoms with van der Waals surface area (Å²) in [6.45, 7) is 5.31. The summed E-state index contributed by atoms with van der Waals surface area (Å²) in [5, 5.41) is 4.43. The van der Waals surface area contributed by atoms with Crippen LogP contribution in [0.5, 0.6) is 0 Å². The number of pyridine rings is 1. The molecule has 178 valence electrons. The van der Waals surface area contributed by atoms with Crippen molar-refractivity contribution in [3.8, 4) is 0 Å². The number of rotatable bonds is 5. The van der Waals surface area contributed by atoms with Gasteiger partial charge in [-0.1, -0.05) is 37.3 Å². The van der Waals surface area contributed by atoms with Crippen LogP contribution in [0.25, 0.3) is 5.52 Å². The molecular weight excluding hydrogens is 424 g/mol. The number of carbonyl (C=O) groups is 2. The Kier molecular flexibility index (Phi) is 6.66. The fourth-order valence-electron chi connectivity index (χ4n) is 5.57. The quantitative estimate of drug-likeness (QED) is 0.549. The normalized spacial score (nSPS) is 18.3. The third-order valence-electron chi connectivity index (χ3n) is 7.61. The van der Waals surface area contributed by atoms with Crippen LogP contribution in [0.1, 0.15) is 78.8 Å². The minimum atomic E-state index is -0.0655. The lowest BCUT2D eigenvalue weighted by atomic mass is 9.88. The SMILES string of the molecule is CC[C@@H](C(=O)N1CCC(c2ccn3ncc(C(=O)N4CCCCC4)c3c2)CC1)c1ccccc1. The van der Waals surface area contributed by atoms with E-state index in [1.165, 1.54) is 12.0 Å². The van der Waals surface area contributed by atoms with Gasteiger partial charge in [-0.3, -0.25) is 9.59 Å². The van der Waals surface area contributed by atoms with Crippen molar-refractivity contribution >= 4 is 17.3 Å². The fourth-order valence-corrected chi connectivity index (χ4v) is 5.57. The number of fused-ring (bicyclic) bond motifs is 1. The minimum Gasteiger partial charge on any atom is -0.342 e. The van der Waals surface area contributed by atoms with Gasteiger partial charge < -0.3 is 9.80 Å². The Morgan fingerprint density at radius 3 is 2.41 bits per heavy atom. The van der Waals surface area contributed by atoms with Crippen molar-refractivity contribution < 1.29 is 9.59 Å². The molecule has 6 nitrogen and oxygen atoms in total. The molecule has 2 aliphatic rings. The van der Waals surface area contributed by atoms with Gasteiger partial charge in [-0.2, -0.15) is 5.10 Å². The number of carbonyl (C=O) groups excluding carboxylic acids is 2. The Morgan fingerprint density at radius 2 is 1.71 bits per heavy atom. The van der Waals surface area contributed by atoms with Gasteiger partial charge in [0.1, 0.15) is 0 Å². The van der Waals surface area contributed by atoms with E-state index in [1.807, 2.05) is 38.7 Å². The number of likely N-dealkylation sites (tertiary alicyclic amines) is 2. The number of hydrogen-bond acceptors (Lipinski definition) is 3. The van der Waals surface area contributed by atoms with Gasteiger partial charge in [0.15, 0.2) is 0 Å². The molecule has 34 heavy (non-hydrogen) atoms. The number of hydrogen-bond donors (Lipinski definition) is 0. The molecule has 4 heterocycles. The Balaban J connectivity index is 1.28. The van der Waals surface area contributed by atoms with Crippen LogP contribution in [0, 0.1) is 0 Å². The van der Waals surface area contributed by atoms with Gasteiger partial charge in [-0.25, -0.2) is 4.52 Å². The lowest BCUT2D eigenvalue weighted by Gasteiger charge is -2.34. The maximum Gasteiger partial charge on any atom is 0.257 e. The molecule has 2 fully saturated rings. The molecule has 0 spiro atoms. The van der Waals surface area contributed by atoms with Crippen LogP contribution in [-0.2, 0) is 4.79 Å². The van der Waals surface area contributed by atoms with Crippen LogP contribution in [0.3, 0.4) is 0 Å². The Morgan fingerprint density at radius 1 is 0.971 bits per heavy atom. The zero-order valence-electron chi connectivity index (χ0n) is 20.0. The van der Waals surface area contributed by atoms with Crippen molar-refractivity contribution in [3.05, 3.63) is 71.5 Å². The molecule has 0 N–H and O–H groups in total. The molecule has 3 aromatic rings. The van der Waals surface area contributed by atoms with E-state index >= 15 is 0 Å². The zero-order valence-corrected chi connectivity index (χ0v) is 20.0. The third-order valence-corrected chi connectivity index (χ3v) is 7.61. The van der Waals surface area contributed by atoms with Crippen LogP contribution in [0.15, 0.2) is 54.9 Å². The van der Waals surface area contributed by atoms with Crippen molar-refractivity contribution in [2.45, 2.75) is 57.3 Å². The average molecular weight is 459 g/mol. The molecule has 0 bridgehead atoms. The van der Waals surface area contributed by atoms with Crippen molar-refractivity contribution in [2.24, 2.45) is 0 Å². The predicted octanol–water partition coefficient (Wildman–Crippen LogP) is 4.86. The van der Waals surface area contributed by atoms with E-state index in [1.54, 1.807) is 6.20 Å². The van der Waals surface area contributed by atoms with Gasteiger partial charge in [-0.05, 0) is 67.7 Å². The predicted molar refractivity (Wildman–Crippen MR) is 133 cm³/mol. The largest absolute Gasteiger partial charge is 0.342 e. The molecule has 1 atom stereocenters. The number of benzene rings is 1. The lowest BCUT2D eigenvalue weighted by Crippen LogP contribution is -2.40. The second kappa shape index (κ2) is 10.00. The van der Waals surface area contributed by atoms with Crippen LogP contribution in [0.4, 0.5) is 0 Å². The number of amides is 2. The number of aromatic nitrogens is 2. The monoisotopic (exact) mass is 458 g/mol. The van der Waals surface area contributed by atoms with E-state index in [9.17, 15) is 9.59 Å². The molecule has 2 amide bonds. The molecule has 2 aliphatic heterocycles. The molecule has 2 aromatic heterocycles. The second-order valence-corrected chi connectivity index (χ2v) is 9.67. The summed E-state index contributed by atoms with van der Waals surface area (Å²) >= 11 is 0. The third kappa shape index (κ3) is 4.46. The van der Waals surface area contributed by atoms with Crippen LogP contribution < -0.4 is 0 Å². The highest BCUT2D eigenvalue weighted by Crippen LogP contribution is 2.32. The molecule has 5 rings (SSSR count). The van der Waals surface area contributed by atoms with Gasteiger partial charge in [0.05, 0.1) is 23.2 Å². The Bertz CT molecular complexity index is 1140. The zero-order chi connectivity index (χ0) is 23.5. The highest BCUT2D eigenvalue weighted by Gasteiger charge is 2.29. The first-order valence-corrected chi connectivity index (χ1v) is 12.8. The van der Waals surface area contributed by atoms with Crippen molar-refractivity contribution in [2.75, 3.05) is 26.2 Å². The summed E-state index contributed by atoms with van der Waals surface area (Å²) in [5.74, 6) is 0.662. The second-order valence-electron chi connectivity index (χ2n) is 9.67. The molecular formula is C28H34N4O2. The van der Waals surface area contributed by atoms with Crippen LogP contribution in [-0.4, -0.2) is 57.4 Å². The van der Waals surface area contributed by atoms with E-state index in [2.05, 4.69) is 36.3 Å². The maximum absolute atomic E-state index is 13.3. The Hall–Kier alpha value is -3.15. The fraction of sp³-hybridized carbons (Fsp3) is 0.464. The van der Waals surface area contributed by atoms with Gasteiger partial charge in [0.25, 0.3) is 5.91 Å². The van der Waals surface area contributed by atoms with Gasteiger partial charge in [0.2, 0.25) is 5.91 Å². The van der Waals surface area contributed by atoms with Crippen LogP contribution >= 0.6 is 0 Å². The van der Waals surface area contributed by atoms with Crippen molar-refractivity contribution in [1.29, 1.82) is 0 Å². The van der Waals surface area contributed by atoms with E-state index in [4.69, 9.17) is 0 Å².